The van der Waals surface area contributed by atoms with Crippen molar-refractivity contribution in [3.8, 4) is 5.75 Å². The lowest BCUT2D eigenvalue weighted by Gasteiger charge is -2.00. The van der Waals surface area contributed by atoms with Crippen LogP contribution >= 0.6 is 0 Å². The smallest absolute Gasteiger partial charge is 0.161 e. The van der Waals surface area contributed by atoms with Gasteiger partial charge in [-0.3, -0.25) is 0 Å². The molecule has 0 spiro atoms. The monoisotopic (exact) mass is 260 g/mol. The predicted octanol–water partition coefficient (Wildman–Crippen LogP) is 3.14. The molecule has 0 aliphatic heterocycles. The summed E-state index contributed by atoms with van der Waals surface area (Å²) in [6.45, 7) is 0. The molecule has 3 nitrogen and oxygen atoms in total. The molecule has 2 aromatic carbocycles. The van der Waals surface area contributed by atoms with Crippen molar-refractivity contribution < 1.29 is 13.9 Å². The maximum absolute atomic E-state index is 13.1. The third-order valence-electron chi connectivity index (χ3n) is 2.92. The van der Waals surface area contributed by atoms with E-state index in [1.165, 1.54) is 0 Å². The number of aromatic hydroxyl groups is 1. The Morgan fingerprint density at radius 1 is 1.11 bits per heavy atom. The number of para-hydroxylation sites is 1. The van der Waals surface area contributed by atoms with Crippen LogP contribution in [0.15, 0.2) is 36.4 Å². The van der Waals surface area contributed by atoms with Crippen LogP contribution in [0.25, 0.3) is 11.0 Å². The first-order chi connectivity index (χ1) is 9.13. The van der Waals surface area contributed by atoms with E-state index in [1.807, 2.05) is 0 Å². The zero-order valence-corrected chi connectivity index (χ0v) is 9.82. The summed E-state index contributed by atoms with van der Waals surface area (Å²) in [5.74, 6) is -1.12. The van der Waals surface area contributed by atoms with E-state index in [0.29, 0.717) is 28.8 Å². The summed E-state index contributed by atoms with van der Waals surface area (Å²) in [5.41, 5.74) is 1.50. The Hall–Kier alpha value is -2.43. The van der Waals surface area contributed by atoms with Gasteiger partial charge in [-0.1, -0.05) is 18.2 Å². The number of nitrogens with zero attached hydrogens (tertiary/aromatic N) is 1. The van der Waals surface area contributed by atoms with Crippen molar-refractivity contribution in [2.24, 2.45) is 0 Å². The van der Waals surface area contributed by atoms with Crippen LogP contribution < -0.4 is 0 Å². The summed E-state index contributed by atoms with van der Waals surface area (Å²) in [6.07, 6.45) is 0.366. The number of hydrogen-bond donors (Lipinski definition) is 2. The minimum Gasteiger partial charge on any atom is -0.508 e. The molecule has 96 valence electrons. The van der Waals surface area contributed by atoms with Crippen molar-refractivity contribution >= 4 is 11.0 Å². The predicted molar refractivity (Wildman–Crippen MR) is 66.9 cm³/mol. The van der Waals surface area contributed by atoms with Gasteiger partial charge in [-0.25, -0.2) is 13.8 Å². The molecular weight excluding hydrogens is 250 g/mol. The van der Waals surface area contributed by atoms with Crippen molar-refractivity contribution in [3.05, 3.63) is 59.4 Å². The maximum atomic E-state index is 13.1. The van der Waals surface area contributed by atoms with Gasteiger partial charge in [-0.2, -0.15) is 0 Å². The van der Waals surface area contributed by atoms with Crippen LogP contribution in [0.1, 0.15) is 11.4 Å². The number of nitrogens with one attached hydrogen (secondary N) is 1. The number of imidazole rings is 1. The van der Waals surface area contributed by atoms with Crippen LogP contribution in [0.4, 0.5) is 8.78 Å². The van der Waals surface area contributed by atoms with Crippen LogP contribution in [-0.4, -0.2) is 15.1 Å². The Bertz CT molecular complexity index is 713. The fraction of sp³-hybridized carbons (Fsp3) is 0.0714. The molecule has 0 radical (unpaired) electrons. The summed E-state index contributed by atoms with van der Waals surface area (Å²) in [4.78, 5) is 7.09. The van der Waals surface area contributed by atoms with Crippen molar-refractivity contribution in [2.45, 2.75) is 6.42 Å². The second-order valence-electron chi connectivity index (χ2n) is 4.27. The first kappa shape index (κ1) is 11.6. The van der Waals surface area contributed by atoms with E-state index in [-0.39, 0.29) is 5.75 Å². The van der Waals surface area contributed by atoms with Gasteiger partial charge in [0.05, 0.1) is 11.0 Å². The highest BCUT2D eigenvalue weighted by Gasteiger charge is 2.10. The van der Waals surface area contributed by atoms with Crippen LogP contribution in [0.2, 0.25) is 0 Å². The molecule has 0 atom stereocenters. The highest BCUT2D eigenvalue weighted by molar-refractivity contribution is 5.75. The SMILES string of the molecule is Oc1ccccc1Cc1nc2cc(F)c(F)cc2[nH]1. The summed E-state index contributed by atoms with van der Waals surface area (Å²) in [5, 5.41) is 9.67. The Morgan fingerprint density at radius 3 is 2.63 bits per heavy atom. The Balaban J connectivity index is 2.00. The quantitative estimate of drug-likeness (QED) is 0.743. The molecule has 1 aromatic heterocycles. The third-order valence-corrected chi connectivity index (χ3v) is 2.92. The first-order valence-corrected chi connectivity index (χ1v) is 5.74. The van der Waals surface area contributed by atoms with Gasteiger partial charge < -0.3 is 10.1 Å². The highest BCUT2D eigenvalue weighted by Crippen LogP contribution is 2.21. The summed E-state index contributed by atoms with van der Waals surface area (Å²) in [7, 11) is 0. The van der Waals surface area contributed by atoms with E-state index in [2.05, 4.69) is 9.97 Å². The fourth-order valence-electron chi connectivity index (χ4n) is 1.98. The molecule has 5 heteroatoms. The van der Waals surface area contributed by atoms with Gasteiger partial charge in [-0.05, 0) is 6.07 Å². The molecule has 2 N–H and O–H groups in total. The number of hydrogen-bond acceptors (Lipinski definition) is 2. The average molecular weight is 260 g/mol. The summed E-state index contributed by atoms with van der Waals surface area (Å²) < 4.78 is 26.2. The normalized spacial score (nSPS) is 11.1. The zero-order valence-electron chi connectivity index (χ0n) is 9.82. The maximum Gasteiger partial charge on any atom is 0.161 e. The number of aromatic amines is 1. The molecule has 19 heavy (non-hydrogen) atoms. The van der Waals surface area contributed by atoms with E-state index in [1.54, 1.807) is 24.3 Å². The lowest BCUT2D eigenvalue weighted by molar-refractivity contribution is 0.469. The lowest BCUT2D eigenvalue weighted by Crippen LogP contribution is -1.90. The van der Waals surface area contributed by atoms with Gasteiger partial charge in [0.2, 0.25) is 0 Å². The molecule has 0 aliphatic rings. The molecular formula is C14H10F2N2O. The molecule has 1 heterocycles. The molecule has 3 aromatic rings. The molecule has 0 saturated carbocycles. The van der Waals surface area contributed by atoms with E-state index in [0.717, 1.165) is 12.1 Å². The average Bonchev–Trinajstić information content (AvgIpc) is 2.74. The summed E-state index contributed by atoms with van der Waals surface area (Å²) >= 11 is 0. The standard InChI is InChI=1S/C14H10F2N2O/c15-9-6-11-12(7-10(9)16)18-14(17-11)5-8-3-1-2-4-13(8)19/h1-4,6-7,19H,5H2,(H,17,18). The van der Waals surface area contributed by atoms with Gasteiger partial charge >= 0.3 is 0 Å². The topological polar surface area (TPSA) is 48.9 Å². The highest BCUT2D eigenvalue weighted by atomic mass is 19.2. The Morgan fingerprint density at radius 2 is 1.84 bits per heavy atom. The number of rotatable bonds is 2. The molecule has 0 fully saturated rings. The van der Waals surface area contributed by atoms with Gasteiger partial charge in [-0.15, -0.1) is 0 Å². The van der Waals surface area contributed by atoms with Crippen LogP contribution in [0.3, 0.4) is 0 Å². The molecule has 0 bridgehead atoms. The lowest BCUT2D eigenvalue weighted by atomic mass is 10.1. The number of benzene rings is 2. The van der Waals surface area contributed by atoms with E-state index < -0.39 is 11.6 Å². The van der Waals surface area contributed by atoms with Gasteiger partial charge in [0.15, 0.2) is 11.6 Å². The van der Waals surface area contributed by atoms with Gasteiger partial charge in [0.1, 0.15) is 11.6 Å². The van der Waals surface area contributed by atoms with Crippen LogP contribution in [-0.2, 0) is 6.42 Å². The number of aromatic nitrogens is 2. The third kappa shape index (κ3) is 2.14. The van der Waals surface area contributed by atoms with Gasteiger partial charge in [0.25, 0.3) is 0 Å². The van der Waals surface area contributed by atoms with Crippen LogP contribution in [0, 0.1) is 11.6 Å². The van der Waals surface area contributed by atoms with E-state index >= 15 is 0 Å². The molecule has 0 unspecified atom stereocenters. The zero-order chi connectivity index (χ0) is 13.4. The minimum atomic E-state index is -0.923. The Kier molecular flexibility index (Phi) is 2.67. The summed E-state index contributed by atoms with van der Waals surface area (Å²) in [6, 6.07) is 9.00. The van der Waals surface area contributed by atoms with Crippen LogP contribution in [0.5, 0.6) is 5.75 Å². The molecule has 0 aliphatic carbocycles. The number of fused-ring (bicyclic) bond motifs is 1. The number of halogens is 2. The Labute approximate surface area is 107 Å². The largest absolute Gasteiger partial charge is 0.508 e. The second-order valence-corrected chi connectivity index (χ2v) is 4.27. The number of phenols is 1. The molecule has 3 rings (SSSR count). The van der Waals surface area contributed by atoms with E-state index in [4.69, 9.17) is 0 Å². The number of phenolic OH excluding ortho intramolecular Hbond substituents is 1. The molecule has 0 saturated heterocycles. The second kappa shape index (κ2) is 4.35. The molecule has 0 amide bonds. The van der Waals surface area contributed by atoms with Crippen molar-refractivity contribution in [2.75, 3.05) is 0 Å². The van der Waals surface area contributed by atoms with E-state index in [9.17, 15) is 13.9 Å². The fourth-order valence-corrected chi connectivity index (χ4v) is 1.98. The van der Waals surface area contributed by atoms with Crippen molar-refractivity contribution in [1.82, 2.24) is 9.97 Å². The van der Waals surface area contributed by atoms with Crippen molar-refractivity contribution in [1.29, 1.82) is 0 Å². The first-order valence-electron chi connectivity index (χ1n) is 5.74. The number of H-pyrrole nitrogens is 1. The van der Waals surface area contributed by atoms with Gasteiger partial charge in [0, 0.05) is 24.1 Å². The minimum absolute atomic E-state index is 0.167. The van der Waals surface area contributed by atoms with Crippen molar-refractivity contribution in [3.63, 3.8) is 0 Å².